The van der Waals surface area contributed by atoms with E-state index in [0.29, 0.717) is 0 Å². The zero-order chi connectivity index (χ0) is 12.3. The van der Waals surface area contributed by atoms with E-state index < -0.39 is 5.41 Å². The van der Waals surface area contributed by atoms with E-state index in [1.54, 1.807) is 0 Å². The number of rotatable bonds is 4. The second-order valence-electron chi connectivity index (χ2n) is 4.12. The van der Waals surface area contributed by atoms with Crippen LogP contribution in [0, 0.1) is 0 Å². The summed E-state index contributed by atoms with van der Waals surface area (Å²) in [6.45, 7) is 0.269. The van der Waals surface area contributed by atoms with Crippen molar-refractivity contribution in [2.45, 2.75) is 24.8 Å². The van der Waals surface area contributed by atoms with Crippen LogP contribution in [0.4, 0.5) is 0 Å². The molecule has 5 nitrogen and oxygen atoms in total. The fourth-order valence-electron chi connectivity index (χ4n) is 2.14. The third-order valence-corrected chi connectivity index (χ3v) is 3.16. The first-order chi connectivity index (χ1) is 8.24. The predicted molar refractivity (Wildman–Crippen MR) is 62.2 cm³/mol. The van der Waals surface area contributed by atoms with E-state index in [4.69, 9.17) is 10.3 Å². The Morgan fingerprint density at radius 2 is 2.24 bits per heavy atom. The summed E-state index contributed by atoms with van der Waals surface area (Å²) in [5.74, 6) is -0.203. The molecular weight excluding hydrogens is 218 g/mol. The molecule has 88 valence electrons. The SMILES string of the molecule is COC(=O)C1(c2ccccc2CN=[N+]=[N-])CC1. The lowest BCUT2D eigenvalue weighted by Crippen LogP contribution is -2.23. The van der Waals surface area contributed by atoms with Crippen molar-refractivity contribution in [2.75, 3.05) is 7.11 Å². The van der Waals surface area contributed by atoms with Gasteiger partial charge < -0.3 is 4.74 Å². The zero-order valence-electron chi connectivity index (χ0n) is 9.59. The minimum Gasteiger partial charge on any atom is -0.468 e. The van der Waals surface area contributed by atoms with Crippen LogP contribution >= 0.6 is 0 Å². The monoisotopic (exact) mass is 231 g/mol. The Morgan fingerprint density at radius 3 is 2.82 bits per heavy atom. The Bertz CT molecular complexity index is 488. The second kappa shape index (κ2) is 4.47. The maximum absolute atomic E-state index is 11.8. The molecule has 17 heavy (non-hydrogen) atoms. The highest BCUT2D eigenvalue weighted by molar-refractivity contribution is 5.87. The van der Waals surface area contributed by atoms with Crippen molar-refractivity contribution in [3.8, 4) is 0 Å². The van der Waals surface area contributed by atoms with Crippen LogP contribution in [0.3, 0.4) is 0 Å². The van der Waals surface area contributed by atoms with Crippen LogP contribution in [0.25, 0.3) is 10.4 Å². The fraction of sp³-hybridized carbons (Fsp3) is 0.417. The number of methoxy groups -OCH3 is 1. The standard InChI is InChI=1S/C12H13N3O2/c1-17-11(16)12(6-7-12)10-5-3-2-4-9(10)8-14-15-13/h2-5H,6-8H2,1H3. The molecule has 1 aliphatic rings. The second-order valence-corrected chi connectivity index (χ2v) is 4.12. The predicted octanol–water partition coefficient (Wildman–Crippen LogP) is 2.70. The summed E-state index contributed by atoms with van der Waals surface area (Å²) in [5.41, 5.74) is 9.68. The Hall–Kier alpha value is -2.00. The molecule has 2 rings (SSSR count). The molecule has 0 aliphatic heterocycles. The normalized spacial score (nSPS) is 15.8. The van der Waals surface area contributed by atoms with Gasteiger partial charge in [0, 0.05) is 4.91 Å². The molecule has 1 aromatic rings. The van der Waals surface area contributed by atoms with Crippen molar-refractivity contribution in [3.05, 3.63) is 45.8 Å². The number of carbonyl (C=O) groups excluding carboxylic acids is 1. The van der Waals surface area contributed by atoms with Gasteiger partial charge in [-0.25, -0.2) is 0 Å². The van der Waals surface area contributed by atoms with Crippen molar-refractivity contribution in [2.24, 2.45) is 5.11 Å². The molecule has 1 saturated carbocycles. The van der Waals surface area contributed by atoms with Crippen LogP contribution in [-0.2, 0) is 21.5 Å². The summed E-state index contributed by atoms with van der Waals surface area (Å²) in [7, 11) is 1.40. The number of benzene rings is 1. The average molecular weight is 231 g/mol. The van der Waals surface area contributed by atoms with E-state index in [-0.39, 0.29) is 12.5 Å². The Labute approximate surface area is 99.0 Å². The first kappa shape index (κ1) is 11.5. The first-order valence-electron chi connectivity index (χ1n) is 5.42. The molecule has 0 heterocycles. The van der Waals surface area contributed by atoms with Gasteiger partial charge in [0.15, 0.2) is 0 Å². The van der Waals surface area contributed by atoms with Crippen LogP contribution < -0.4 is 0 Å². The number of carbonyl (C=O) groups is 1. The minimum atomic E-state index is -0.504. The molecule has 0 N–H and O–H groups in total. The molecule has 5 heteroatoms. The van der Waals surface area contributed by atoms with Gasteiger partial charge >= 0.3 is 5.97 Å². The van der Waals surface area contributed by atoms with Gasteiger partial charge in [-0.3, -0.25) is 4.79 Å². The number of ether oxygens (including phenoxy) is 1. The quantitative estimate of drug-likeness (QED) is 0.346. The van der Waals surface area contributed by atoms with E-state index in [2.05, 4.69) is 10.0 Å². The van der Waals surface area contributed by atoms with E-state index in [0.717, 1.165) is 24.0 Å². The zero-order valence-corrected chi connectivity index (χ0v) is 9.59. The minimum absolute atomic E-state index is 0.203. The molecule has 0 spiro atoms. The van der Waals surface area contributed by atoms with Gasteiger partial charge in [-0.1, -0.05) is 29.4 Å². The molecule has 0 bridgehead atoms. The maximum atomic E-state index is 11.8. The number of nitrogens with zero attached hydrogens (tertiary/aromatic N) is 3. The van der Waals surface area contributed by atoms with Crippen LogP contribution in [-0.4, -0.2) is 13.1 Å². The van der Waals surface area contributed by atoms with E-state index in [1.165, 1.54) is 7.11 Å². The van der Waals surface area contributed by atoms with E-state index >= 15 is 0 Å². The molecule has 0 radical (unpaired) electrons. The van der Waals surface area contributed by atoms with Crippen LogP contribution in [0.2, 0.25) is 0 Å². The van der Waals surface area contributed by atoms with E-state index in [9.17, 15) is 4.79 Å². The summed E-state index contributed by atoms with van der Waals surface area (Å²) in [5, 5.41) is 3.56. The summed E-state index contributed by atoms with van der Waals surface area (Å²) < 4.78 is 4.85. The Balaban J connectivity index is 2.38. The van der Waals surface area contributed by atoms with E-state index in [1.807, 2.05) is 24.3 Å². The Morgan fingerprint density at radius 1 is 1.53 bits per heavy atom. The molecule has 0 saturated heterocycles. The van der Waals surface area contributed by atoms with Gasteiger partial charge in [0.2, 0.25) is 0 Å². The van der Waals surface area contributed by atoms with Crippen molar-refractivity contribution < 1.29 is 9.53 Å². The highest BCUT2D eigenvalue weighted by Gasteiger charge is 2.53. The maximum Gasteiger partial charge on any atom is 0.316 e. The summed E-state index contributed by atoms with van der Waals surface area (Å²) in [6.07, 6.45) is 1.60. The van der Waals surface area contributed by atoms with Gasteiger partial charge in [0.25, 0.3) is 0 Å². The number of esters is 1. The number of azide groups is 1. The number of hydrogen-bond donors (Lipinski definition) is 0. The summed E-state index contributed by atoms with van der Waals surface area (Å²) in [6, 6.07) is 7.55. The van der Waals surface area contributed by atoms with Crippen LogP contribution in [0.15, 0.2) is 29.4 Å². The molecule has 1 aromatic carbocycles. The van der Waals surface area contributed by atoms with Crippen molar-refractivity contribution >= 4 is 5.97 Å². The molecule has 0 aromatic heterocycles. The third-order valence-electron chi connectivity index (χ3n) is 3.16. The smallest absolute Gasteiger partial charge is 0.316 e. The van der Waals surface area contributed by atoms with Gasteiger partial charge in [-0.05, 0) is 29.5 Å². The summed E-state index contributed by atoms with van der Waals surface area (Å²) >= 11 is 0. The first-order valence-corrected chi connectivity index (χ1v) is 5.42. The van der Waals surface area contributed by atoms with Crippen molar-refractivity contribution in [3.63, 3.8) is 0 Å². The van der Waals surface area contributed by atoms with Crippen molar-refractivity contribution in [1.82, 2.24) is 0 Å². The lowest BCUT2D eigenvalue weighted by atomic mass is 9.91. The number of hydrogen-bond acceptors (Lipinski definition) is 3. The van der Waals surface area contributed by atoms with Gasteiger partial charge in [0.1, 0.15) is 0 Å². The largest absolute Gasteiger partial charge is 0.468 e. The molecule has 1 aliphatic carbocycles. The lowest BCUT2D eigenvalue weighted by molar-refractivity contribution is -0.143. The highest BCUT2D eigenvalue weighted by atomic mass is 16.5. The topological polar surface area (TPSA) is 75.1 Å². The molecular formula is C12H13N3O2. The summed E-state index contributed by atoms with van der Waals surface area (Å²) in [4.78, 5) is 14.5. The van der Waals surface area contributed by atoms with Gasteiger partial charge in [-0.15, -0.1) is 0 Å². The molecule has 1 fully saturated rings. The Kier molecular flexibility index (Phi) is 3.02. The van der Waals surface area contributed by atoms with Gasteiger partial charge in [-0.2, -0.15) is 0 Å². The lowest BCUT2D eigenvalue weighted by Gasteiger charge is -2.16. The highest BCUT2D eigenvalue weighted by Crippen LogP contribution is 2.50. The molecule has 0 unspecified atom stereocenters. The average Bonchev–Trinajstić information content (AvgIpc) is 3.17. The molecule has 0 atom stereocenters. The van der Waals surface area contributed by atoms with Gasteiger partial charge in [0.05, 0.1) is 19.1 Å². The third kappa shape index (κ3) is 1.97. The van der Waals surface area contributed by atoms with Crippen LogP contribution in [0.1, 0.15) is 24.0 Å². The fourth-order valence-corrected chi connectivity index (χ4v) is 2.14. The van der Waals surface area contributed by atoms with Crippen LogP contribution in [0.5, 0.6) is 0 Å². The molecule has 0 amide bonds. The van der Waals surface area contributed by atoms with Crippen molar-refractivity contribution in [1.29, 1.82) is 0 Å².